The SMILES string of the molecule is CN=C(NCCN1C(=O)CCCC1=O)NC1CCC(C)CC1.I. The number of guanidine groups is 1. The van der Waals surface area contributed by atoms with Gasteiger partial charge in [0, 0.05) is 39.0 Å². The molecule has 2 amide bonds. The molecule has 0 aromatic rings. The number of halogens is 1. The standard InChI is InChI=1S/C16H28N4O2.HI/c1-12-6-8-13(9-7-12)19-16(17-2)18-10-11-20-14(21)4-3-5-15(20)22;/h12-13H,3-11H2,1-2H3,(H2,17,18,19);1H. The second kappa shape index (κ2) is 10.1. The number of nitrogens with one attached hydrogen (secondary N) is 2. The van der Waals surface area contributed by atoms with Crippen LogP contribution in [0.25, 0.3) is 0 Å². The molecule has 0 radical (unpaired) electrons. The fourth-order valence-corrected chi connectivity index (χ4v) is 3.13. The number of hydrogen-bond donors (Lipinski definition) is 2. The van der Waals surface area contributed by atoms with E-state index in [0.717, 1.165) is 11.9 Å². The molecule has 6 nitrogen and oxygen atoms in total. The highest BCUT2D eigenvalue weighted by Crippen LogP contribution is 2.23. The van der Waals surface area contributed by atoms with Gasteiger partial charge >= 0.3 is 0 Å². The lowest BCUT2D eigenvalue weighted by Gasteiger charge is -2.29. The Balaban J connectivity index is 0.00000264. The summed E-state index contributed by atoms with van der Waals surface area (Å²) in [4.78, 5) is 29.1. The number of rotatable bonds is 4. The van der Waals surface area contributed by atoms with Crippen LogP contribution in [-0.4, -0.2) is 48.9 Å². The summed E-state index contributed by atoms with van der Waals surface area (Å²) in [5, 5.41) is 6.65. The Morgan fingerprint density at radius 3 is 2.35 bits per heavy atom. The zero-order valence-electron chi connectivity index (χ0n) is 14.1. The minimum atomic E-state index is -0.0535. The first-order chi connectivity index (χ1) is 10.6. The highest BCUT2D eigenvalue weighted by atomic mass is 127. The fourth-order valence-electron chi connectivity index (χ4n) is 3.13. The highest BCUT2D eigenvalue weighted by molar-refractivity contribution is 14.0. The zero-order valence-corrected chi connectivity index (χ0v) is 16.5. The van der Waals surface area contributed by atoms with Gasteiger partial charge in [-0.1, -0.05) is 6.92 Å². The van der Waals surface area contributed by atoms with E-state index in [1.54, 1.807) is 7.05 Å². The van der Waals surface area contributed by atoms with Crippen LogP contribution in [0.5, 0.6) is 0 Å². The van der Waals surface area contributed by atoms with E-state index in [9.17, 15) is 9.59 Å². The first kappa shape index (κ1) is 20.2. The average molecular weight is 436 g/mol. The summed E-state index contributed by atoms with van der Waals surface area (Å²) < 4.78 is 0. The molecule has 0 unspecified atom stereocenters. The molecule has 2 rings (SSSR count). The van der Waals surface area contributed by atoms with Crippen molar-refractivity contribution in [2.75, 3.05) is 20.1 Å². The van der Waals surface area contributed by atoms with E-state index in [2.05, 4.69) is 22.5 Å². The number of carbonyl (C=O) groups is 2. The summed E-state index contributed by atoms with van der Waals surface area (Å²) in [6.45, 7) is 3.26. The molecule has 1 saturated carbocycles. The van der Waals surface area contributed by atoms with Crippen LogP contribution in [0.2, 0.25) is 0 Å². The van der Waals surface area contributed by atoms with Gasteiger partial charge in [0.2, 0.25) is 11.8 Å². The summed E-state index contributed by atoms with van der Waals surface area (Å²) in [7, 11) is 1.75. The summed E-state index contributed by atoms with van der Waals surface area (Å²) in [5.74, 6) is 1.48. The van der Waals surface area contributed by atoms with Gasteiger partial charge in [-0.3, -0.25) is 19.5 Å². The number of hydrogen-bond acceptors (Lipinski definition) is 3. The van der Waals surface area contributed by atoms with E-state index >= 15 is 0 Å². The first-order valence-corrected chi connectivity index (χ1v) is 8.40. The Kier molecular flexibility index (Phi) is 8.86. The van der Waals surface area contributed by atoms with E-state index in [1.807, 2.05) is 0 Å². The Bertz CT molecular complexity index is 418. The van der Waals surface area contributed by atoms with Crippen LogP contribution in [0.15, 0.2) is 4.99 Å². The Morgan fingerprint density at radius 1 is 1.17 bits per heavy atom. The molecule has 2 aliphatic rings. The molecule has 1 aliphatic carbocycles. The van der Waals surface area contributed by atoms with Crippen molar-refractivity contribution in [3.8, 4) is 0 Å². The highest BCUT2D eigenvalue weighted by Gasteiger charge is 2.25. The van der Waals surface area contributed by atoms with Crippen LogP contribution in [0.3, 0.4) is 0 Å². The van der Waals surface area contributed by atoms with Crippen molar-refractivity contribution in [1.82, 2.24) is 15.5 Å². The van der Waals surface area contributed by atoms with Crippen LogP contribution < -0.4 is 10.6 Å². The minimum Gasteiger partial charge on any atom is -0.355 e. The van der Waals surface area contributed by atoms with Gasteiger partial charge < -0.3 is 10.6 Å². The number of carbonyl (C=O) groups excluding carboxylic acids is 2. The predicted octanol–water partition coefficient (Wildman–Crippen LogP) is 1.89. The molecular formula is C16H29IN4O2. The first-order valence-electron chi connectivity index (χ1n) is 8.40. The van der Waals surface area contributed by atoms with Gasteiger partial charge in [-0.25, -0.2) is 0 Å². The molecule has 23 heavy (non-hydrogen) atoms. The minimum absolute atomic E-state index is 0. The normalized spacial score (nSPS) is 25.8. The molecule has 132 valence electrons. The van der Waals surface area contributed by atoms with Crippen LogP contribution in [0, 0.1) is 5.92 Å². The maximum Gasteiger partial charge on any atom is 0.229 e. The number of likely N-dealkylation sites (tertiary alicyclic amines) is 1. The molecule has 1 aliphatic heterocycles. The number of aliphatic imine (C=N–C) groups is 1. The topological polar surface area (TPSA) is 73.8 Å². The van der Waals surface area contributed by atoms with Crippen LogP contribution in [-0.2, 0) is 9.59 Å². The van der Waals surface area contributed by atoms with E-state index in [0.29, 0.717) is 38.4 Å². The number of imide groups is 1. The molecule has 0 bridgehead atoms. The van der Waals surface area contributed by atoms with Crippen molar-refractivity contribution >= 4 is 41.8 Å². The smallest absolute Gasteiger partial charge is 0.229 e. The van der Waals surface area contributed by atoms with Crippen LogP contribution >= 0.6 is 24.0 Å². The van der Waals surface area contributed by atoms with Crippen LogP contribution in [0.1, 0.15) is 51.9 Å². The van der Waals surface area contributed by atoms with Gasteiger partial charge in [-0.15, -0.1) is 24.0 Å². The summed E-state index contributed by atoms with van der Waals surface area (Å²) in [6, 6.07) is 0.473. The molecule has 0 spiro atoms. The van der Waals surface area contributed by atoms with Gasteiger partial charge in [0.25, 0.3) is 0 Å². The molecule has 2 N–H and O–H groups in total. The van der Waals surface area contributed by atoms with Crippen molar-refractivity contribution in [2.24, 2.45) is 10.9 Å². The van der Waals surface area contributed by atoms with Crippen molar-refractivity contribution in [3.63, 3.8) is 0 Å². The van der Waals surface area contributed by atoms with Gasteiger partial charge in [0.1, 0.15) is 0 Å². The van der Waals surface area contributed by atoms with Gasteiger partial charge in [-0.2, -0.15) is 0 Å². The van der Waals surface area contributed by atoms with Gasteiger partial charge in [0.05, 0.1) is 0 Å². The molecule has 1 saturated heterocycles. The number of nitrogens with zero attached hydrogens (tertiary/aromatic N) is 2. The van der Waals surface area contributed by atoms with Crippen LogP contribution in [0.4, 0.5) is 0 Å². The third kappa shape index (κ3) is 6.27. The van der Waals surface area contributed by atoms with Crippen molar-refractivity contribution in [1.29, 1.82) is 0 Å². The number of piperidine rings is 1. The van der Waals surface area contributed by atoms with E-state index in [4.69, 9.17) is 0 Å². The average Bonchev–Trinajstić information content (AvgIpc) is 2.51. The molecule has 0 atom stereocenters. The monoisotopic (exact) mass is 436 g/mol. The molecule has 0 aromatic carbocycles. The van der Waals surface area contributed by atoms with E-state index in [1.165, 1.54) is 30.6 Å². The summed E-state index contributed by atoms with van der Waals surface area (Å²) in [6.07, 6.45) is 6.51. The Labute approximate surface area is 155 Å². The molecule has 2 fully saturated rings. The third-order valence-corrected chi connectivity index (χ3v) is 4.59. The van der Waals surface area contributed by atoms with Crippen molar-refractivity contribution < 1.29 is 9.59 Å². The lowest BCUT2D eigenvalue weighted by molar-refractivity contribution is -0.147. The summed E-state index contributed by atoms with van der Waals surface area (Å²) in [5.41, 5.74) is 0. The second-order valence-corrected chi connectivity index (χ2v) is 6.39. The molecule has 1 heterocycles. The molecule has 0 aromatic heterocycles. The lowest BCUT2D eigenvalue weighted by Crippen LogP contribution is -2.48. The largest absolute Gasteiger partial charge is 0.355 e. The number of amides is 2. The van der Waals surface area contributed by atoms with Gasteiger partial charge in [-0.05, 0) is 38.0 Å². The quantitative estimate of drug-likeness (QED) is 0.306. The fraction of sp³-hybridized carbons (Fsp3) is 0.812. The van der Waals surface area contributed by atoms with E-state index < -0.39 is 0 Å². The maximum atomic E-state index is 11.7. The third-order valence-electron chi connectivity index (χ3n) is 4.59. The lowest BCUT2D eigenvalue weighted by atomic mass is 9.87. The summed E-state index contributed by atoms with van der Waals surface area (Å²) >= 11 is 0. The Hall–Kier alpha value is -0.860. The predicted molar refractivity (Wildman–Crippen MR) is 102 cm³/mol. The van der Waals surface area contributed by atoms with Gasteiger partial charge in [0.15, 0.2) is 5.96 Å². The zero-order chi connectivity index (χ0) is 15.9. The maximum absolute atomic E-state index is 11.7. The molecule has 7 heteroatoms. The second-order valence-electron chi connectivity index (χ2n) is 6.39. The van der Waals surface area contributed by atoms with Crippen molar-refractivity contribution in [2.45, 2.75) is 57.9 Å². The van der Waals surface area contributed by atoms with E-state index in [-0.39, 0.29) is 35.8 Å². The Morgan fingerprint density at radius 2 is 1.78 bits per heavy atom. The van der Waals surface area contributed by atoms with Crippen molar-refractivity contribution in [3.05, 3.63) is 0 Å². The molecular weight excluding hydrogens is 407 g/mol.